The first-order valence-electron chi connectivity index (χ1n) is 3.55. The molecule has 0 spiro atoms. The van der Waals surface area contributed by atoms with E-state index in [2.05, 4.69) is 0 Å². The molecule has 0 aromatic heterocycles. The minimum Gasteiger partial charge on any atom is -0.298 e. The summed E-state index contributed by atoms with van der Waals surface area (Å²) in [4.78, 5) is 10.6. The summed E-state index contributed by atoms with van der Waals surface area (Å²) in [5.74, 6) is 0.329. The summed E-state index contributed by atoms with van der Waals surface area (Å²) in [5, 5.41) is 0.591. The maximum atomic E-state index is 10.6. The summed E-state index contributed by atoms with van der Waals surface area (Å²) in [7, 11) is 0. The summed E-state index contributed by atoms with van der Waals surface area (Å²) in [6.07, 6.45) is 7.57. The zero-order valence-electron chi connectivity index (χ0n) is 5.88. The molecule has 1 fully saturated rings. The molecule has 0 aromatic carbocycles. The van der Waals surface area contributed by atoms with Crippen molar-refractivity contribution in [3.8, 4) is 0 Å². The van der Waals surface area contributed by atoms with Crippen LogP contribution in [0.4, 0.5) is 0 Å². The van der Waals surface area contributed by atoms with Gasteiger partial charge in [-0.1, -0.05) is 29.3 Å². The first-order chi connectivity index (χ1) is 5.33. The molecule has 0 heterocycles. The smallest absolute Gasteiger partial charge is 0.148 e. The van der Waals surface area contributed by atoms with Crippen molar-refractivity contribution in [3.05, 3.63) is 34.4 Å². The number of rotatable bonds is 1. The van der Waals surface area contributed by atoms with Crippen LogP contribution in [-0.4, -0.2) is 6.29 Å². The Kier molecular flexibility index (Phi) is 1.46. The van der Waals surface area contributed by atoms with E-state index in [-0.39, 0.29) is 0 Å². The summed E-state index contributed by atoms with van der Waals surface area (Å²) in [6.45, 7) is 0. The molecule has 0 amide bonds. The van der Waals surface area contributed by atoms with Gasteiger partial charge in [-0.25, -0.2) is 0 Å². The van der Waals surface area contributed by atoms with Crippen LogP contribution in [0, 0.1) is 5.92 Å². The van der Waals surface area contributed by atoms with Gasteiger partial charge in [0, 0.05) is 16.5 Å². The normalized spacial score (nSPS) is 27.4. The summed E-state index contributed by atoms with van der Waals surface area (Å²) in [5.41, 5.74) is 2.06. The quantitative estimate of drug-likeness (QED) is 0.546. The minimum atomic E-state index is 0.329. The number of carbonyl (C=O) groups is 1. The molecular formula is C9H7ClO. The molecule has 1 unspecified atom stereocenters. The molecule has 1 atom stereocenters. The first kappa shape index (κ1) is 6.86. The van der Waals surface area contributed by atoms with Crippen molar-refractivity contribution < 1.29 is 4.79 Å². The third-order valence-electron chi connectivity index (χ3n) is 2.06. The maximum Gasteiger partial charge on any atom is 0.148 e. The number of halogens is 1. The maximum absolute atomic E-state index is 10.6. The standard InChI is InChI=1S/C9H7ClO/c10-9-3-1-2-6-4-7(6)8(9)5-11/h1-3,5,7H,4H2. The van der Waals surface area contributed by atoms with Gasteiger partial charge in [0.15, 0.2) is 0 Å². The average molecular weight is 167 g/mol. The van der Waals surface area contributed by atoms with E-state index in [1.165, 1.54) is 5.57 Å². The van der Waals surface area contributed by atoms with Gasteiger partial charge in [-0.2, -0.15) is 0 Å². The van der Waals surface area contributed by atoms with Crippen molar-refractivity contribution in [2.45, 2.75) is 6.42 Å². The molecule has 56 valence electrons. The molecule has 11 heavy (non-hydrogen) atoms. The zero-order valence-corrected chi connectivity index (χ0v) is 6.64. The highest BCUT2D eigenvalue weighted by Crippen LogP contribution is 2.45. The molecule has 2 rings (SSSR count). The molecule has 0 bridgehead atoms. The number of hydrogen-bond acceptors (Lipinski definition) is 1. The van der Waals surface area contributed by atoms with Gasteiger partial charge in [-0.3, -0.25) is 4.79 Å². The van der Waals surface area contributed by atoms with Gasteiger partial charge in [0.1, 0.15) is 6.29 Å². The van der Waals surface area contributed by atoms with Crippen molar-refractivity contribution >= 4 is 17.9 Å². The van der Waals surface area contributed by atoms with E-state index in [1.807, 2.05) is 12.2 Å². The fraction of sp³-hybridized carbons (Fsp3) is 0.222. The van der Waals surface area contributed by atoms with E-state index in [0.29, 0.717) is 11.0 Å². The van der Waals surface area contributed by atoms with Gasteiger partial charge in [0.25, 0.3) is 0 Å². The largest absolute Gasteiger partial charge is 0.298 e. The SMILES string of the molecule is O=CC1=C(Cl)C=CC=C2CC21. The van der Waals surface area contributed by atoms with E-state index < -0.39 is 0 Å². The lowest BCUT2D eigenvalue weighted by molar-refractivity contribution is -0.105. The van der Waals surface area contributed by atoms with Crippen LogP contribution in [-0.2, 0) is 4.79 Å². The van der Waals surface area contributed by atoms with Crippen LogP contribution in [0.25, 0.3) is 0 Å². The van der Waals surface area contributed by atoms with Crippen LogP contribution in [0.1, 0.15) is 6.42 Å². The predicted molar refractivity (Wildman–Crippen MR) is 44.3 cm³/mol. The van der Waals surface area contributed by atoms with Gasteiger partial charge >= 0.3 is 0 Å². The first-order valence-corrected chi connectivity index (χ1v) is 3.92. The molecule has 0 aromatic rings. The van der Waals surface area contributed by atoms with Crippen LogP contribution < -0.4 is 0 Å². The lowest BCUT2D eigenvalue weighted by atomic mass is 10.2. The van der Waals surface area contributed by atoms with Gasteiger partial charge in [-0.15, -0.1) is 0 Å². The highest BCUT2D eigenvalue weighted by atomic mass is 35.5. The zero-order chi connectivity index (χ0) is 7.84. The summed E-state index contributed by atoms with van der Waals surface area (Å²) in [6, 6.07) is 0. The summed E-state index contributed by atoms with van der Waals surface area (Å²) >= 11 is 5.84. The second-order valence-electron chi connectivity index (χ2n) is 2.78. The molecular weight excluding hydrogens is 160 g/mol. The Labute approximate surface area is 70.0 Å². The number of carbonyl (C=O) groups excluding carboxylic acids is 1. The predicted octanol–water partition coefficient (Wildman–Crippen LogP) is 2.19. The Hall–Kier alpha value is -0.820. The molecule has 2 heteroatoms. The van der Waals surface area contributed by atoms with E-state index in [0.717, 1.165) is 18.3 Å². The van der Waals surface area contributed by atoms with E-state index in [1.54, 1.807) is 6.08 Å². The highest BCUT2D eigenvalue weighted by molar-refractivity contribution is 6.33. The number of hydrogen-bond donors (Lipinski definition) is 0. The second kappa shape index (κ2) is 2.35. The second-order valence-corrected chi connectivity index (χ2v) is 3.19. The number of fused-ring (bicyclic) bond motifs is 1. The molecule has 0 aliphatic heterocycles. The van der Waals surface area contributed by atoms with Gasteiger partial charge < -0.3 is 0 Å². The van der Waals surface area contributed by atoms with Crippen LogP contribution in [0.5, 0.6) is 0 Å². The summed E-state index contributed by atoms with van der Waals surface area (Å²) < 4.78 is 0. The van der Waals surface area contributed by atoms with Gasteiger partial charge in [0.2, 0.25) is 0 Å². The molecule has 2 aliphatic rings. The van der Waals surface area contributed by atoms with Crippen LogP contribution in [0.15, 0.2) is 34.4 Å². The monoisotopic (exact) mass is 166 g/mol. The molecule has 0 N–H and O–H groups in total. The van der Waals surface area contributed by atoms with Crippen LogP contribution >= 0.6 is 11.6 Å². The van der Waals surface area contributed by atoms with E-state index >= 15 is 0 Å². The highest BCUT2D eigenvalue weighted by Gasteiger charge is 2.34. The topological polar surface area (TPSA) is 17.1 Å². The van der Waals surface area contributed by atoms with E-state index in [4.69, 9.17) is 11.6 Å². The lowest BCUT2D eigenvalue weighted by Gasteiger charge is -1.94. The Morgan fingerprint density at radius 1 is 1.64 bits per heavy atom. The number of aldehydes is 1. The van der Waals surface area contributed by atoms with Crippen molar-refractivity contribution in [2.24, 2.45) is 5.92 Å². The third kappa shape index (κ3) is 1.05. The van der Waals surface area contributed by atoms with Crippen LogP contribution in [0.3, 0.4) is 0 Å². The van der Waals surface area contributed by atoms with Crippen LogP contribution in [0.2, 0.25) is 0 Å². The Bertz CT molecular complexity index is 297. The van der Waals surface area contributed by atoms with Crippen molar-refractivity contribution in [1.82, 2.24) is 0 Å². The molecule has 1 saturated carbocycles. The average Bonchev–Trinajstić information content (AvgIpc) is 2.68. The van der Waals surface area contributed by atoms with Gasteiger partial charge in [0.05, 0.1) is 0 Å². The minimum absolute atomic E-state index is 0.329. The van der Waals surface area contributed by atoms with E-state index in [9.17, 15) is 4.79 Å². The van der Waals surface area contributed by atoms with Crippen molar-refractivity contribution in [3.63, 3.8) is 0 Å². The molecule has 1 nitrogen and oxygen atoms in total. The molecule has 2 aliphatic carbocycles. The Morgan fingerprint density at radius 3 is 3.18 bits per heavy atom. The third-order valence-corrected chi connectivity index (χ3v) is 2.40. The molecule has 0 saturated heterocycles. The fourth-order valence-electron chi connectivity index (χ4n) is 1.33. The number of allylic oxidation sites excluding steroid dienone is 6. The Balaban J connectivity index is 2.45. The fourth-order valence-corrected chi connectivity index (χ4v) is 1.58. The Morgan fingerprint density at radius 2 is 2.45 bits per heavy atom. The van der Waals surface area contributed by atoms with Crippen molar-refractivity contribution in [1.29, 1.82) is 0 Å². The molecule has 0 radical (unpaired) electrons. The lowest BCUT2D eigenvalue weighted by Crippen LogP contribution is -1.88. The van der Waals surface area contributed by atoms with Gasteiger partial charge in [-0.05, 0) is 12.5 Å². The van der Waals surface area contributed by atoms with Crippen molar-refractivity contribution in [2.75, 3.05) is 0 Å².